The maximum atomic E-state index is 12.9. The molecule has 154 valence electrons. The van der Waals surface area contributed by atoms with Crippen LogP contribution in [-0.4, -0.2) is 30.0 Å². The molecule has 0 aromatic heterocycles. The first-order chi connectivity index (χ1) is 14.5. The standard InChI is InChI=1S/C25H23BrINO2/c1-17(27)22-15-28(25(29)19-8-3-2-4-9-19)14-13-23(22)30-16-20-12-11-18-7-5-6-10-21(18)24(20)26/h2-12,23H,13-16H2,1H3. The Bertz CT molecular complexity index is 1090. The third kappa shape index (κ3) is 4.63. The maximum absolute atomic E-state index is 12.9. The zero-order valence-corrected chi connectivity index (χ0v) is 20.5. The molecule has 0 N–H and O–H groups in total. The van der Waals surface area contributed by atoms with Crippen LogP contribution in [0, 0.1) is 0 Å². The lowest BCUT2D eigenvalue weighted by Crippen LogP contribution is -2.42. The van der Waals surface area contributed by atoms with Crippen LogP contribution in [0.1, 0.15) is 29.3 Å². The summed E-state index contributed by atoms with van der Waals surface area (Å²) >= 11 is 6.11. The fraction of sp³-hybridized carbons (Fsp3) is 0.240. The smallest absolute Gasteiger partial charge is 0.254 e. The van der Waals surface area contributed by atoms with E-state index in [1.165, 1.54) is 19.9 Å². The summed E-state index contributed by atoms with van der Waals surface area (Å²) in [5, 5.41) is 2.41. The fourth-order valence-corrected chi connectivity index (χ4v) is 4.99. The van der Waals surface area contributed by atoms with Gasteiger partial charge in [0.25, 0.3) is 5.91 Å². The van der Waals surface area contributed by atoms with Crippen LogP contribution in [0.15, 0.2) is 80.4 Å². The highest BCUT2D eigenvalue weighted by atomic mass is 127. The molecule has 1 amide bonds. The van der Waals surface area contributed by atoms with Crippen molar-refractivity contribution < 1.29 is 9.53 Å². The van der Waals surface area contributed by atoms with Gasteiger partial charge in [-0.3, -0.25) is 4.79 Å². The Morgan fingerprint density at radius 3 is 2.60 bits per heavy atom. The number of allylic oxidation sites excluding steroid dienone is 1. The number of halogens is 2. The summed E-state index contributed by atoms with van der Waals surface area (Å²) < 4.78 is 8.66. The van der Waals surface area contributed by atoms with Gasteiger partial charge in [0.15, 0.2) is 0 Å². The Kier molecular flexibility index (Phi) is 6.91. The summed E-state index contributed by atoms with van der Waals surface area (Å²) in [4.78, 5) is 14.8. The van der Waals surface area contributed by atoms with Crippen molar-refractivity contribution in [2.24, 2.45) is 0 Å². The monoisotopic (exact) mass is 575 g/mol. The van der Waals surface area contributed by atoms with Gasteiger partial charge in [-0.15, -0.1) is 0 Å². The molecule has 1 aliphatic rings. The molecule has 0 spiro atoms. The van der Waals surface area contributed by atoms with E-state index in [1.54, 1.807) is 0 Å². The minimum absolute atomic E-state index is 0.0279. The van der Waals surface area contributed by atoms with Gasteiger partial charge in [-0.2, -0.15) is 0 Å². The SMILES string of the molecule is CC(I)=C1CN(C(=O)c2ccccc2)CCC1OCc1ccc2ccccc2c1Br. The molecule has 0 saturated carbocycles. The van der Waals surface area contributed by atoms with Crippen molar-refractivity contribution >= 4 is 55.2 Å². The van der Waals surface area contributed by atoms with E-state index in [4.69, 9.17) is 4.74 Å². The highest BCUT2D eigenvalue weighted by Crippen LogP contribution is 2.31. The number of carbonyl (C=O) groups excluding carboxylic acids is 1. The molecule has 3 aromatic carbocycles. The van der Waals surface area contributed by atoms with Gasteiger partial charge in [-0.1, -0.05) is 54.6 Å². The van der Waals surface area contributed by atoms with Gasteiger partial charge in [0, 0.05) is 23.1 Å². The summed E-state index contributed by atoms with van der Waals surface area (Å²) in [6.45, 7) is 3.95. The van der Waals surface area contributed by atoms with Crippen molar-refractivity contribution in [1.82, 2.24) is 4.90 Å². The third-order valence-corrected chi connectivity index (χ3v) is 7.17. The van der Waals surface area contributed by atoms with Crippen LogP contribution in [-0.2, 0) is 11.3 Å². The van der Waals surface area contributed by atoms with Gasteiger partial charge in [0.05, 0.1) is 12.7 Å². The Morgan fingerprint density at radius 1 is 1.10 bits per heavy atom. The largest absolute Gasteiger partial charge is 0.369 e. The van der Waals surface area contributed by atoms with Gasteiger partial charge >= 0.3 is 0 Å². The number of ether oxygens (including phenoxy) is 1. The number of amides is 1. The lowest BCUT2D eigenvalue weighted by Gasteiger charge is -2.35. The van der Waals surface area contributed by atoms with E-state index in [9.17, 15) is 4.79 Å². The molecule has 1 fully saturated rings. The molecule has 1 unspecified atom stereocenters. The molecule has 0 bridgehead atoms. The summed E-state index contributed by atoms with van der Waals surface area (Å²) in [6.07, 6.45) is 0.833. The van der Waals surface area contributed by atoms with Crippen molar-refractivity contribution in [3.63, 3.8) is 0 Å². The van der Waals surface area contributed by atoms with Gasteiger partial charge in [0.1, 0.15) is 0 Å². The van der Waals surface area contributed by atoms with Gasteiger partial charge in [0.2, 0.25) is 0 Å². The second-order valence-corrected chi connectivity index (χ2v) is 9.91. The Morgan fingerprint density at radius 2 is 1.83 bits per heavy atom. The van der Waals surface area contributed by atoms with E-state index < -0.39 is 0 Å². The lowest BCUT2D eigenvalue weighted by molar-refractivity contribution is 0.0296. The van der Waals surface area contributed by atoms with E-state index in [0.717, 1.165) is 22.0 Å². The van der Waals surface area contributed by atoms with Crippen molar-refractivity contribution in [3.05, 3.63) is 91.5 Å². The topological polar surface area (TPSA) is 29.5 Å². The first-order valence-electron chi connectivity index (χ1n) is 10.0. The average Bonchev–Trinajstić information content (AvgIpc) is 2.79. The van der Waals surface area contributed by atoms with E-state index in [0.29, 0.717) is 19.7 Å². The highest BCUT2D eigenvalue weighted by Gasteiger charge is 2.29. The van der Waals surface area contributed by atoms with Crippen LogP contribution in [0.5, 0.6) is 0 Å². The molecule has 1 heterocycles. The molecule has 0 aliphatic carbocycles. The normalized spacial score (nSPS) is 18.5. The Hall–Kier alpha value is -1.70. The lowest BCUT2D eigenvalue weighted by atomic mass is 9.99. The summed E-state index contributed by atoms with van der Waals surface area (Å²) in [6, 6.07) is 22.1. The molecule has 3 aromatic rings. The zero-order valence-electron chi connectivity index (χ0n) is 16.8. The zero-order chi connectivity index (χ0) is 21.1. The van der Waals surface area contributed by atoms with Gasteiger partial charge < -0.3 is 9.64 Å². The summed E-state index contributed by atoms with van der Waals surface area (Å²) in [7, 11) is 0. The Labute approximate surface area is 199 Å². The molecular weight excluding hydrogens is 553 g/mol. The van der Waals surface area contributed by atoms with Crippen LogP contribution < -0.4 is 0 Å². The molecule has 0 radical (unpaired) electrons. The second-order valence-electron chi connectivity index (χ2n) is 7.50. The number of fused-ring (bicyclic) bond motifs is 1. The molecule has 4 rings (SSSR count). The van der Waals surface area contributed by atoms with Crippen molar-refractivity contribution in [2.45, 2.75) is 26.1 Å². The van der Waals surface area contributed by atoms with E-state index in [-0.39, 0.29) is 12.0 Å². The molecule has 1 aliphatic heterocycles. The predicted octanol–water partition coefficient (Wildman–Crippen LogP) is 6.74. The number of nitrogens with zero attached hydrogens (tertiary/aromatic N) is 1. The predicted molar refractivity (Wildman–Crippen MR) is 134 cm³/mol. The quantitative estimate of drug-likeness (QED) is 0.322. The molecule has 1 atom stereocenters. The number of carbonyl (C=O) groups is 1. The number of hydrogen-bond acceptors (Lipinski definition) is 2. The number of likely N-dealkylation sites (tertiary alicyclic amines) is 1. The number of hydrogen-bond donors (Lipinski definition) is 0. The Balaban J connectivity index is 1.47. The second kappa shape index (κ2) is 9.62. The number of rotatable bonds is 4. The molecular formula is C25H23BrINO2. The van der Waals surface area contributed by atoms with Crippen LogP contribution in [0.25, 0.3) is 10.8 Å². The van der Waals surface area contributed by atoms with E-state index >= 15 is 0 Å². The van der Waals surface area contributed by atoms with Crippen molar-refractivity contribution in [2.75, 3.05) is 13.1 Å². The summed E-state index contributed by atoms with van der Waals surface area (Å²) in [5.41, 5.74) is 3.08. The number of piperidine rings is 1. The fourth-order valence-electron chi connectivity index (χ4n) is 3.87. The average molecular weight is 576 g/mol. The molecule has 30 heavy (non-hydrogen) atoms. The van der Waals surface area contributed by atoms with Crippen molar-refractivity contribution in [1.29, 1.82) is 0 Å². The van der Waals surface area contributed by atoms with E-state index in [1.807, 2.05) is 35.2 Å². The first-order valence-corrected chi connectivity index (χ1v) is 11.9. The van der Waals surface area contributed by atoms with Crippen LogP contribution in [0.4, 0.5) is 0 Å². The van der Waals surface area contributed by atoms with Gasteiger partial charge in [-0.25, -0.2) is 0 Å². The third-order valence-electron chi connectivity index (χ3n) is 5.54. The van der Waals surface area contributed by atoms with Crippen LogP contribution in [0.2, 0.25) is 0 Å². The minimum atomic E-state index is 0.0279. The molecule has 5 heteroatoms. The van der Waals surface area contributed by atoms with Crippen LogP contribution in [0.3, 0.4) is 0 Å². The maximum Gasteiger partial charge on any atom is 0.254 e. The summed E-state index contributed by atoms with van der Waals surface area (Å²) in [5.74, 6) is 0.0847. The van der Waals surface area contributed by atoms with E-state index in [2.05, 4.69) is 81.8 Å². The minimum Gasteiger partial charge on any atom is -0.369 e. The molecule has 3 nitrogen and oxygen atoms in total. The van der Waals surface area contributed by atoms with Crippen molar-refractivity contribution in [3.8, 4) is 0 Å². The molecule has 1 saturated heterocycles. The highest BCUT2D eigenvalue weighted by molar-refractivity contribution is 14.1. The van der Waals surface area contributed by atoms with Gasteiger partial charge in [-0.05, 0) is 89.5 Å². The number of benzene rings is 3. The van der Waals surface area contributed by atoms with Crippen LogP contribution >= 0.6 is 38.5 Å². The first kappa shape index (κ1) is 21.5.